The Hall–Kier alpha value is -6.74. The van der Waals surface area contributed by atoms with Crippen LogP contribution in [0.25, 0.3) is 21.8 Å². The van der Waals surface area contributed by atoms with Crippen molar-refractivity contribution in [1.29, 1.82) is 5.26 Å². The van der Waals surface area contributed by atoms with Crippen molar-refractivity contribution in [3.05, 3.63) is 76.3 Å². The van der Waals surface area contributed by atoms with Crippen molar-refractivity contribution in [2.75, 3.05) is 67.4 Å². The molecule has 4 fully saturated rings. The van der Waals surface area contributed by atoms with Crippen LogP contribution in [0.2, 0.25) is 0 Å². The molecule has 4 saturated heterocycles. The number of urea groups is 1. The molecule has 358 valence electrons. The van der Waals surface area contributed by atoms with Gasteiger partial charge in [0.2, 0.25) is 11.8 Å². The number of benzene rings is 3. The van der Waals surface area contributed by atoms with Crippen molar-refractivity contribution in [2.24, 2.45) is 7.05 Å². The quantitative estimate of drug-likeness (QED) is 0.170. The molecular formula is C45H49F2N11O9S. The number of rotatable bonds is 11. The Labute approximate surface area is 394 Å². The Morgan fingerprint density at radius 1 is 1.09 bits per heavy atom. The van der Waals surface area contributed by atoms with E-state index >= 15 is 8.78 Å². The van der Waals surface area contributed by atoms with E-state index in [4.69, 9.17) is 15.0 Å². The third-order valence-corrected chi connectivity index (χ3v) is 14.5. The Morgan fingerprint density at radius 3 is 2.54 bits per heavy atom. The number of aryl methyl sites for hydroxylation is 1. The van der Waals surface area contributed by atoms with Crippen LogP contribution in [0.5, 0.6) is 11.5 Å². The fourth-order valence-corrected chi connectivity index (χ4v) is 9.90. The lowest BCUT2D eigenvalue weighted by atomic mass is 9.85. The Kier molecular flexibility index (Phi) is 10.8. The number of amides is 4. The Bertz CT molecular complexity index is 3270. The topological polar surface area (TPSA) is 238 Å². The number of carbonyl (C=O) groups excluding carboxylic acids is 3. The molecule has 5 aromatic rings. The number of ether oxygens (including phenoxy) is 2. The highest BCUT2D eigenvalue weighted by molar-refractivity contribution is 7.90. The van der Waals surface area contributed by atoms with Crippen LogP contribution >= 0.6 is 0 Å². The summed E-state index contributed by atoms with van der Waals surface area (Å²) in [4.78, 5) is 60.4. The number of halogens is 2. The van der Waals surface area contributed by atoms with E-state index in [0.29, 0.717) is 24.8 Å². The number of imide groups is 1. The minimum Gasteiger partial charge on any atom is -0.453 e. The van der Waals surface area contributed by atoms with Crippen LogP contribution in [0.1, 0.15) is 68.9 Å². The molecule has 9 rings (SSSR count). The largest absolute Gasteiger partial charge is 0.453 e. The first kappa shape index (κ1) is 41.4. The van der Waals surface area contributed by atoms with E-state index in [2.05, 4.69) is 20.1 Å². The van der Waals surface area contributed by atoms with Gasteiger partial charge in [0.1, 0.15) is 23.2 Å². The summed E-state index contributed by atoms with van der Waals surface area (Å²) >= 11 is 0. The summed E-state index contributed by atoms with van der Waals surface area (Å²) in [5, 5.41) is 28.7. The van der Waals surface area contributed by atoms with E-state index in [1.807, 2.05) is 0 Å². The molecule has 3 N–H and O–H groups in total. The molecule has 4 aliphatic rings. The van der Waals surface area contributed by atoms with Gasteiger partial charge in [-0.3, -0.25) is 38.6 Å². The van der Waals surface area contributed by atoms with Gasteiger partial charge in [-0.1, -0.05) is 6.92 Å². The zero-order valence-corrected chi connectivity index (χ0v) is 37.9. The number of nitrogens with one attached hydrogen (secondary N) is 2. The molecule has 4 amide bonds. The molecule has 1 atom stereocenters. The SMILES string of the molecule is [2H]C1([2H])CN(c2cc3c(cc2F)c(N2CCC(=O)NC2=O)nn3C)CC([2H])([2H])C1(O)CC(=O)N1CCC2(CC1)C[C@@H](n1cnc3ccc(Oc4c(F)ccc(NS(=O)(=O)N(C)CC)c4C#N)cc3c1=O)CO2. The Balaban J connectivity index is 0.858. The average molecular weight is 962 g/mol. The minimum absolute atomic E-state index is 0.00612. The van der Waals surface area contributed by atoms with Crippen molar-refractivity contribution < 1.29 is 51.6 Å². The highest BCUT2D eigenvalue weighted by atomic mass is 32.2. The summed E-state index contributed by atoms with van der Waals surface area (Å²) in [6, 6.07) is 9.28. The molecule has 0 radical (unpaired) electrons. The number of nitrogens with zero attached hydrogens (tertiary/aromatic N) is 9. The number of aromatic nitrogens is 4. The van der Waals surface area contributed by atoms with Gasteiger partial charge in [-0.25, -0.2) is 18.6 Å². The van der Waals surface area contributed by atoms with Crippen molar-refractivity contribution in [2.45, 2.75) is 69.0 Å². The maximum atomic E-state index is 16.0. The number of piperidine rings is 2. The predicted molar refractivity (Wildman–Crippen MR) is 243 cm³/mol. The fourth-order valence-electron chi connectivity index (χ4n) is 8.96. The second kappa shape index (κ2) is 17.7. The van der Waals surface area contributed by atoms with Gasteiger partial charge in [0, 0.05) is 70.7 Å². The van der Waals surface area contributed by atoms with Gasteiger partial charge >= 0.3 is 16.2 Å². The molecular weight excluding hydrogens is 909 g/mol. The first-order valence-electron chi connectivity index (χ1n) is 23.7. The molecule has 68 heavy (non-hydrogen) atoms. The van der Waals surface area contributed by atoms with Crippen molar-refractivity contribution >= 4 is 67.1 Å². The van der Waals surface area contributed by atoms with E-state index in [1.165, 1.54) is 56.7 Å². The highest BCUT2D eigenvalue weighted by Crippen LogP contribution is 2.42. The summed E-state index contributed by atoms with van der Waals surface area (Å²) in [5.41, 5.74) is -4.32. The summed E-state index contributed by atoms with van der Waals surface area (Å²) in [5.74, 6) is -3.51. The fraction of sp³-hybridized carbons (Fsp3) is 0.444. The Morgan fingerprint density at radius 2 is 1.84 bits per heavy atom. The number of anilines is 3. The molecule has 23 heteroatoms. The monoisotopic (exact) mass is 961 g/mol. The number of likely N-dealkylation sites (tertiary alicyclic amines) is 1. The molecule has 0 aliphatic carbocycles. The summed E-state index contributed by atoms with van der Waals surface area (Å²) in [7, 11) is -1.21. The van der Waals surface area contributed by atoms with E-state index in [0.717, 1.165) is 27.4 Å². The third kappa shape index (κ3) is 8.68. The number of hydrogen-bond donors (Lipinski definition) is 3. The molecule has 0 unspecified atom stereocenters. The van der Waals surface area contributed by atoms with E-state index in [1.54, 1.807) is 20.0 Å². The third-order valence-electron chi connectivity index (χ3n) is 13.0. The smallest absolute Gasteiger partial charge is 0.329 e. The van der Waals surface area contributed by atoms with Crippen LogP contribution in [-0.4, -0.2) is 124 Å². The maximum Gasteiger partial charge on any atom is 0.329 e. The van der Waals surface area contributed by atoms with Crippen LogP contribution in [0.15, 0.2) is 53.6 Å². The van der Waals surface area contributed by atoms with E-state index < -0.39 is 106 Å². The van der Waals surface area contributed by atoms with Crippen molar-refractivity contribution in [1.82, 2.24) is 33.9 Å². The van der Waals surface area contributed by atoms with Gasteiger partial charge in [-0.05, 0) is 74.5 Å². The van der Waals surface area contributed by atoms with Crippen molar-refractivity contribution in [3.63, 3.8) is 0 Å². The lowest BCUT2D eigenvalue weighted by Gasteiger charge is -2.42. The first-order chi connectivity index (χ1) is 33.9. The average Bonchev–Trinajstić information content (AvgIpc) is 3.87. The van der Waals surface area contributed by atoms with Gasteiger partial charge in [0.15, 0.2) is 17.4 Å². The van der Waals surface area contributed by atoms with E-state index in [9.17, 15) is 38.0 Å². The van der Waals surface area contributed by atoms with Gasteiger partial charge in [0.25, 0.3) is 5.56 Å². The maximum absolute atomic E-state index is 16.0. The molecule has 6 heterocycles. The molecule has 0 saturated carbocycles. The number of hydrogen-bond acceptors (Lipinski definition) is 13. The van der Waals surface area contributed by atoms with Gasteiger partial charge in [0.05, 0.1) is 64.4 Å². The first-order valence-corrected chi connectivity index (χ1v) is 23.2. The van der Waals surface area contributed by atoms with Gasteiger partial charge < -0.3 is 24.4 Å². The lowest BCUT2D eigenvalue weighted by Crippen LogP contribution is -2.51. The zero-order chi connectivity index (χ0) is 51.9. The number of carbonyl (C=O) groups is 3. The van der Waals surface area contributed by atoms with Gasteiger partial charge in [-0.2, -0.15) is 23.1 Å². The number of aliphatic hydroxyl groups is 1. The van der Waals surface area contributed by atoms with Gasteiger partial charge in [-0.15, -0.1) is 0 Å². The predicted octanol–water partition coefficient (Wildman–Crippen LogP) is 4.02. The van der Waals surface area contributed by atoms with Crippen LogP contribution in [0, 0.1) is 23.0 Å². The van der Waals surface area contributed by atoms with Crippen molar-refractivity contribution in [3.8, 4) is 17.6 Å². The zero-order valence-electron chi connectivity index (χ0n) is 41.1. The highest BCUT2D eigenvalue weighted by Gasteiger charge is 2.45. The van der Waals surface area contributed by atoms with E-state index in [-0.39, 0.29) is 78.4 Å². The molecule has 0 bridgehead atoms. The standard InChI is InChI=1S/C45H49F2N11O9S/c1-4-53(2)68(64,65)52-35-8-6-32(46)40(31(35)24-48)67-28-5-7-34-29(19-28)42(61)58(26-49-34)27-22-45(66-25-27)12-17-56(18-13-45)39(60)23-44(63)10-15-55(16-11-44)37-21-36-30(20-33(37)47)41(51-54(36)3)57-14-9-38(59)50-43(57)62/h5-8,19-21,26-27,52,63H,4,9-18,22-23,25H2,1-3H3,(H,50,59,62)/t27-/m1/s1/i10D2,11D2. The number of nitriles is 1. The molecule has 2 aromatic heterocycles. The molecule has 4 aliphatic heterocycles. The normalized spacial score (nSPS) is 21.9. The second-order valence-corrected chi connectivity index (χ2v) is 19.0. The van der Waals surface area contributed by atoms with Crippen LogP contribution in [0.4, 0.5) is 30.8 Å². The summed E-state index contributed by atoms with van der Waals surface area (Å²) < 4.78 is 111. The number of fused-ring (bicyclic) bond motifs is 2. The minimum atomic E-state index is -4.08. The molecule has 20 nitrogen and oxygen atoms in total. The summed E-state index contributed by atoms with van der Waals surface area (Å²) in [6.45, 7) is 0.691. The molecule has 3 aromatic carbocycles. The van der Waals surface area contributed by atoms with Crippen LogP contribution in [-0.2, 0) is 31.6 Å². The van der Waals surface area contributed by atoms with Crippen LogP contribution < -0.4 is 30.1 Å². The molecule has 1 spiro atoms. The van der Waals surface area contributed by atoms with Crippen LogP contribution in [0.3, 0.4) is 0 Å². The second-order valence-electron chi connectivity index (χ2n) is 17.2. The lowest BCUT2D eigenvalue weighted by molar-refractivity contribution is -0.142. The summed E-state index contributed by atoms with van der Waals surface area (Å²) in [6.07, 6.45) is -4.18.